The first kappa shape index (κ1) is 22.8. The third-order valence-electron chi connectivity index (χ3n) is 5.32. The van der Waals surface area contributed by atoms with Gasteiger partial charge in [-0.2, -0.15) is 5.10 Å². The van der Waals surface area contributed by atoms with Gasteiger partial charge in [0.05, 0.1) is 32.8 Å². The zero-order valence-electron chi connectivity index (χ0n) is 19.2. The molecular formula is C26H25N3O5. The molecule has 0 saturated heterocycles. The monoisotopic (exact) mass is 459 g/mol. The first-order valence-corrected chi connectivity index (χ1v) is 10.8. The van der Waals surface area contributed by atoms with Crippen molar-refractivity contribution in [3.63, 3.8) is 0 Å². The highest BCUT2D eigenvalue weighted by Gasteiger charge is 2.16. The number of fused-ring (bicyclic) bond motifs is 1. The van der Waals surface area contributed by atoms with Crippen LogP contribution in [0.3, 0.4) is 0 Å². The molecule has 2 N–H and O–H groups in total. The lowest BCUT2D eigenvalue weighted by molar-refractivity contribution is -0.115. The molecule has 0 spiro atoms. The summed E-state index contributed by atoms with van der Waals surface area (Å²) in [6.45, 7) is 2.04. The molecule has 8 nitrogen and oxygen atoms in total. The minimum absolute atomic E-state index is 0.146. The number of aromatic amines is 1. The van der Waals surface area contributed by atoms with Gasteiger partial charge in [0.15, 0.2) is 17.2 Å². The lowest BCUT2D eigenvalue weighted by Gasteiger charge is -2.11. The molecule has 0 saturated carbocycles. The molecule has 0 atom stereocenters. The van der Waals surface area contributed by atoms with E-state index < -0.39 is 5.97 Å². The van der Waals surface area contributed by atoms with Crippen LogP contribution in [0.1, 0.15) is 23.0 Å². The first-order valence-electron chi connectivity index (χ1n) is 10.8. The smallest absolute Gasteiger partial charge is 0.359 e. The standard InChI is InChI=1S/C26H25N3O5/c1-4-34-26(31)25-20-10-9-18(15-21(20)28-29-25)17-6-5-7-19(14-17)27-24(30)13-16-8-11-22(32-2)23(12-16)33-3/h5-12,14-15H,4,13H2,1-3H3,(H,27,30)(H,28,29). The topological polar surface area (TPSA) is 103 Å². The maximum atomic E-state index is 12.6. The zero-order valence-corrected chi connectivity index (χ0v) is 19.2. The predicted molar refractivity (Wildman–Crippen MR) is 129 cm³/mol. The molecule has 174 valence electrons. The van der Waals surface area contributed by atoms with Gasteiger partial charge < -0.3 is 19.5 Å². The lowest BCUT2D eigenvalue weighted by atomic mass is 10.0. The van der Waals surface area contributed by atoms with Crippen LogP contribution in [0.15, 0.2) is 60.7 Å². The fourth-order valence-electron chi connectivity index (χ4n) is 3.71. The number of carbonyl (C=O) groups excluding carboxylic acids is 2. The van der Waals surface area contributed by atoms with Gasteiger partial charge in [-0.25, -0.2) is 4.79 Å². The summed E-state index contributed by atoms with van der Waals surface area (Å²) in [6.07, 6.45) is 0.196. The average Bonchev–Trinajstić information content (AvgIpc) is 3.27. The van der Waals surface area contributed by atoms with Crippen molar-refractivity contribution in [1.29, 1.82) is 0 Å². The fraction of sp³-hybridized carbons (Fsp3) is 0.192. The summed E-state index contributed by atoms with van der Waals surface area (Å²) in [5, 5.41) is 10.6. The number of aromatic nitrogens is 2. The Hall–Kier alpha value is -4.33. The molecule has 0 aliphatic rings. The molecule has 0 unspecified atom stereocenters. The van der Waals surface area contributed by atoms with Crippen molar-refractivity contribution >= 4 is 28.5 Å². The summed E-state index contributed by atoms with van der Waals surface area (Å²) in [5.74, 6) is 0.589. The SMILES string of the molecule is CCOC(=O)c1n[nH]c2cc(-c3cccc(NC(=O)Cc4ccc(OC)c(OC)c4)c3)ccc12. The summed E-state index contributed by atoms with van der Waals surface area (Å²) in [4.78, 5) is 24.7. The third kappa shape index (κ3) is 4.85. The maximum Gasteiger partial charge on any atom is 0.359 e. The minimum atomic E-state index is -0.458. The molecule has 4 rings (SSSR count). The molecule has 0 radical (unpaired) electrons. The van der Waals surface area contributed by atoms with E-state index >= 15 is 0 Å². The molecule has 8 heteroatoms. The summed E-state index contributed by atoms with van der Waals surface area (Å²) in [6, 6.07) is 18.6. The highest BCUT2D eigenvalue weighted by Crippen LogP contribution is 2.29. The van der Waals surface area contributed by atoms with Crippen molar-refractivity contribution in [2.45, 2.75) is 13.3 Å². The number of hydrogen-bond donors (Lipinski definition) is 2. The normalized spacial score (nSPS) is 10.7. The molecule has 0 fully saturated rings. The number of benzene rings is 3. The number of esters is 1. The van der Waals surface area contributed by atoms with Gasteiger partial charge >= 0.3 is 5.97 Å². The van der Waals surface area contributed by atoms with Crippen molar-refractivity contribution in [1.82, 2.24) is 10.2 Å². The Kier molecular flexibility index (Phi) is 6.77. The molecule has 0 bridgehead atoms. The van der Waals surface area contributed by atoms with Crippen molar-refractivity contribution in [2.75, 3.05) is 26.1 Å². The van der Waals surface area contributed by atoms with Gasteiger partial charge in [0.2, 0.25) is 5.91 Å². The van der Waals surface area contributed by atoms with Crippen LogP contribution < -0.4 is 14.8 Å². The minimum Gasteiger partial charge on any atom is -0.493 e. The number of nitrogens with zero attached hydrogens (tertiary/aromatic N) is 1. The second-order valence-corrected chi connectivity index (χ2v) is 7.55. The van der Waals surface area contributed by atoms with Crippen LogP contribution in [0.5, 0.6) is 11.5 Å². The van der Waals surface area contributed by atoms with Crippen LogP contribution in [0.2, 0.25) is 0 Å². The van der Waals surface area contributed by atoms with Crippen molar-refractivity contribution in [3.05, 3.63) is 71.9 Å². The van der Waals surface area contributed by atoms with E-state index in [4.69, 9.17) is 14.2 Å². The number of H-pyrrole nitrogens is 1. The highest BCUT2D eigenvalue weighted by atomic mass is 16.5. The predicted octanol–water partition coefficient (Wildman–Crippen LogP) is 4.61. The number of ether oxygens (including phenoxy) is 3. The number of nitrogens with one attached hydrogen (secondary N) is 2. The van der Waals surface area contributed by atoms with Gasteiger partial charge in [-0.3, -0.25) is 9.89 Å². The average molecular weight is 460 g/mol. The van der Waals surface area contributed by atoms with Gasteiger partial charge in [0.25, 0.3) is 0 Å². The van der Waals surface area contributed by atoms with Crippen LogP contribution in [0.25, 0.3) is 22.0 Å². The molecule has 34 heavy (non-hydrogen) atoms. The third-order valence-corrected chi connectivity index (χ3v) is 5.32. The Morgan fingerprint density at radius 2 is 1.74 bits per heavy atom. The second-order valence-electron chi connectivity index (χ2n) is 7.55. The van der Waals surface area contributed by atoms with Crippen molar-refractivity contribution in [2.24, 2.45) is 0 Å². The van der Waals surface area contributed by atoms with E-state index in [0.717, 1.165) is 22.2 Å². The number of hydrogen-bond acceptors (Lipinski definition) is 6. The Morgan fingerprint density at radius 3 is 2.50 bits per heavy atom. The number of carbonyl (C=O) groups is 2. The molecule has 1 heterocycles. The zero-order chi connectivity index (χ0) is 24.1. The largest absolute Gasteiger partial charge is 0.493 e. The fourth-order valence-corrected chi connectivity index (χ4v) is 3.71. The molecule has 0 aliphatic carbocycles. The van der Waals surface area contributed by atoms with Gasteiger partial charge in [-0.1, -0.05) is 24.3 Å². The summed E-state index contributed by atoms with van der Waals surface area (Å²) in [5.41, 5.74) is 4.32. The van der Waals surface area contributed by atoms with E-state index in [2.05, 4.69) is 15.5 Å². The number of amides is 1. The molecule has 3 aromatic carbocycles. The Morgan fingerprint density at radius 1 is 0.941 bits per heavy atom. The summed E-state index contributed by atoms with van der Waals surface area (Å²) >= 11 is 0. The van der Waals surface area contributed by atoms with Gasteiger partial charge in [-0.05, 0) is 60.0 Å². The van der Waals surface area contributed by atoms with E-state index in [0.29, 0.717) is 22.6 Å². The molecular weight excluding hydrogens is 434 g/mol. The lowest BCUT2D eigenvalue weighted by Crippen LogP contribution is -2.14. The van der Waals surface area contributed by atoms with E-state index in [1.54, 1.807) is 33.3 Å². The van der Waals surface area contributed by atoms with Gasteiger partial charge in [0, 0.05) is 11.1 Å². The molecule has 1 amide bonds. The van der Waals surface area contributed by atoms with Crippen molar-refractivity contribution in [3.8, 4) is 22.6 Å². The summed E-state index contributed by atoms with van der Waals surface area (Å²) in [7, 11) is 3.13. The second kappa shape index (κ2) is 10.1. The van der Waals surface area contributed by atoms with E-state index in [-0.39, 0.29) is 24.6 Å². The Balaban J connectivity index is 1.50. The highest BCUT2D eigenvalue weighted by molar-refractivity contribution is 6.03. The number of methoxy groups -OCH3 is 2. The maximum absolute atomic E-state index is 12.6. The van der Waals surface area contributed by atoms with Gasteiger partial charge in [0.1, 0.15) is 0 Å². The van der Waals surface area contributed by atoms with E-state index in [9.17, 15) is 9.59 Å². The molecule has 0 aliphatic heterocycles. The first-order chi connectivity index (χ1) is 16.5. The van der Waals surface area contributed by atoms with Crippen LogP contribution in [0, 0.1) is 0 Å². The Labute approximate surface area is 196 Å². The molecule has 4 aromatic rings. The van der Waals surface area contributed by atoms with E-state index in [1.807, 2.05) is 48.5 Å². The quantitative estimate of drug-likeness (QED) is 0.373. The van der Waals surface area contributed by atoms with Crippen LogP contribution in [-0.2, 0) is 16.0 Å². The number of anilines is 1. The van der Waals surface area contributed by atoms with E-state index in [1.165, 1.54) is 0 Å². The van der Waals surface area contributed by atoms with Crippen molar-refractivity contribution < 1.29 is 23.8 Å². The summed E-state index contributed by atoms with van der Waals surface area (Å²) < 4.78 is 15.6. The van der Waals surface area contributed by atoms with Crippen LogP contribution in [0.4, 0.5) is 5.69 Å². The Bertz CT molecular complexity index is 1350. The van der Waals surface area contributed by atoms with Crippen LogP contribution >= 0.6 is 0 Å². The van der Waals surface area contributed by atoms with Crippen LogP contribution in [-0.4, -0.2) is 42.9 Å². The van der Waals surface area contributed by atoms with Gasteiger partial charge in [-0.15, -0.1) is 0 Å². The number of rotatable bonds is 8. The molecule has 1 aromatic heterocycles.